The SMILES string of the molecule is Cc1c(N=C2S[C@H](CC(=O)[O-])C(=O)N2/N=C\c2ccccc2)c(=O)n(-c2ccccc2)n1C. The van der Waals surface area contributed by atoms with Crippen molar-refractivity contribution < 1.29 is 14.7 Å². The minimum Gasteiger partial charge on any atom is -0.550 e. The summed E-state index contributed by atoms with van der Waals surface area (Å²) in [7, 11) is 1.74. The largest absolute Gasteiger partial charge is 0.550 e. The first-order valence-corrected chi connectivity index (χ1v) is 11.0. The van der Waals surface area contributed by atoms with Gasteiger partial charge in [0.1, 0.15) is 0 Å². The number of carbonyl (C=O) groups excluding carboxylic acids is 2. The zero-order valence-corrected chi connectivity index (χ0v) is 18.7. The molecule has 1 saturated heterocycles. The number of carbonyl (C=O) groups is 2. The predicted octanol–water partition coefficient (Wildman–Crippen LogP) is 1.59. The van der Waals surface area contributed by atoms with Crippen molar-refractivity contribution in [2.24, 2.45) is 17.1 Å². The lowest BCUT2D eigenvalue weighted by molar-refractivity contribution is -0.305. The van der Waals surface area contributed by atoms with Gasteiger partial charge in [0, 0.05) is 19.4 Å². The Morgan fingerprint density at radius 2 is 1.73 bits per heavy atom. The summed E-state index contributed by atoms with van der Waals surface area (Å²) < 4.78 is 3.15. The van der Waals surface area contributed by atoms with Gasteiger partial charge in [-0.1, -0.05) is 60.3 Å². The summed E-state index contributed by atoms with van der Waals surface area (Å²) in [5.41, 5.74) is 1.78. The van der Waals surface area contributed by atoms with Crippen LogP contribution in [0.5, 0.6) is 0 Å². The highest BCUT2D eigenvalue weighted by atomic mass is 32.2. The Morgan fingerprint density at radius 3 is 2.36 bits per heavy atom. The van der Waals surface area contributed by atoms with E-state index in [1.807, 2.05) is 48.5 Å². The molecule has 3 aromatic rings. The number of carboxylic acid groups (broad SMARTS) is 1. The number of amidine groups is 1. The molecule has 1 atom stereocenters. The van der Waals surface area contributed by atoms with E-state index in [4.69, 9.17) is 0 Å². The average Bonchev–Trinajstić information content (AvgIpc) is 3.21. The number of benzene rings is 2. The summed E-state index contributed by atoms with van der Waals surface area (Å²) in [6.07, 6.45) is 0.997. The Hall–Kier alpha value is -3.92. The Kier molecular flexibility index (Phi) is 6.27. The highest BCUT2D eigenvalue weighted by Crippen LogP contribution is 2.32. The van der Waals surface area contributed by atoms with E-state index in [1.54, 1.807) is 30.8 Å². The van der Waals surface area contributed by atoms with Gasteiger partial charge in [0.15, 0.2) is 10.9 Å². The van der Waals surface area contributed by atoms with E-state index in [0.717, 1.165) is 22.3 Å². The molecular weight excluding hydrogens is 442 g/mol. The number of carboxylic acids is 1. The third kappa shape index (κ3) is 4.51. The molecule has 9 nitrogen and oxygen atoms in total. The molecule has 0 aliphatic carbocycles. The molecular formula is C23H20N5O4S-. The zero-order chi connectivity index (χ0) is 23.5. The lowest BCUT2D eigenvalue weighted by Crippen LogP contribution is -2.32. The van der Waals surface area contributed by atoms with Gasteiger partial charge in [-0.15, -0.1) is 0 Å². The third-order valence-electron chi connectivity index (χ3n) is 5.12. The van der Waals surface area contributed by atoms with E-state index in [0.29, 0.717) is 11.4 Å². The lowest BCUT2D eigenvalue weighted by atomic mass is 10.2. The number of thioether (sulfide) groups is 1. The van der Waals surface area contributed by atoms with Crippen LogP contribution >= 0.6 is 11.8 Å². The molecule has 0 N–H and O–H groups in total. The van der Waals surface area contributed by atoms with Crippen LogP contribution in [0.15, 0.2) is 75.6 Å². The molecule has 2 heterocycles. The fourth-order valence-electron chi connectivity index (χ4n) is 3.36. The maximum absolute atomic E-state index is 13.2. The summed E-state index contributed by atoms with van der Waals surface area (Å²) in [4.78, 5) is 41.7. The van der Waals surface area contributed by atoms with Crippen molar-refractivity contribution in [1.29, 1.82) is 0 Å². The molecule has 0 bridgehead atoms. The van der Waals surface area contributed by atoms with Crippen LogP contribution < -0.4 is 10.7 Å². The Morgan fingerprint density at radius 1 is 1.09 bits per heavy atom. The molecule has 1 aliphatic rings. The van der Waals surface area contributed by atoms with Crippen LogP contribution in [0.3, 0.4) is 0 Å². The van der Waals surface area contributed by atoms with Crippen LogP contribution in [0, 0.1) is 6.92 Å². The van der Waals surface area contributed by atoms with Crippen LogP contribution in [0.25, 0.3) is 5.69 Å². The van der Waals surface area contributed by atoms with Gasteiger partial charge in [0.05, 0.1) is 22.8 Å². The summed E-state index contributed by atoms with van der Waals surface area (Å²) in [6.45, 7) is 1.75. The van der Waals surface area contributed by atoms with E-state index in [9.17, 15) is 19.5 Å². The fraction of sp³-hybridized carbons (Fsp3) is 0.174. The van der Waals surface area contributed by atoms with Gasteiger partial charge >= 0.3 is 0 Å². The first kappa shape index (κ1) is 22.3. The molecule has 2 aromatic carbocycles. The van der Waals surface area contributed by atoms with Gasteiger partial charge in [-0.05, 0) is 24.6 Å². The first-order chi connectivity index (χ1) is 15.9. The van der Waals surface area contributed by atoms with Crippen molar-refractivity contribution in [3.05, 3.63) is 82.3 Å². The number of aliphatic carboxylic acids is 1. The molecule has 1 fully saturated rings. The molecule has 1 aromatic heterocycles. The zero-order valence-electron chi connectivity index (χ0n) is 17.9. The van der Waals surface area contributed by atoms with Crippen LogP contribution in [0.1, 0.15) is 17.7 Å². The van der Waals surface area contributed by atoms with Crippen molar-refractivity contribution in [1.82, 2.24) is 14.4 Å². The second-order valence-electron chi connectivity index (χ2n) is 7.29. The molecule has 4 rings (SSSR count). The van der Waals surface area contributed by atoms with Gasteiger partial charge in [-0.25, -0.2) is 9.67 Å². The maximum atomic E-state index is 13.2. The Labute approximate surface area is 193 Å². The number of nitrogens with zero attached hydrogens (tertiary/aromatic N) is 5. The quantitative estimate of drug-likeness (QED) is 0.517. The van der Waals surface area contributed by atoms with E-state index in [2.05, 4.69) is 10.1 Å². The summed E-state index contributed by atoms with van der Waals surface area (Å²) in [6, 6.07) is 18.2. The van der Waals surface area contributed by atoms with E-state index < -0.39 is 23.5 Å². The topological polar surface area (TPSA) is 112 Å². The maximum Gasteiger partial charge on any atom is 0.297 e. The molecule has 10 heteroatoms. The standard InChI is InChI=1S/C23H21N5O4S/c1-15-20(22(32)28(26(15)2)17-11-7-4-8-12-17)25-23-27(21(31)18(33-23)13-19(29)30)24-14-16-9-5-3-6-10-16/h3-12,14,18H,13H2,1-2H3,(H,29,30)/p-1/b24-14-,25-23?/t18-/m1/s1. The molecule has 0 spiro atoms. The highest BCUT2D eigenvalue weighted by Gasteiger charge is 2.38. The third-order valence-corrected chi connectivity index (χ3v) is 6.25. The minimum atomic E-state index is -1.35. The number of amides is 1. The highest BCUT2D eigenvalue weighted by molar-refractivity contribution is 8.15. The van der Waals surface area contributed by atoms with E-state index in [-0.39, 0.29) is 16.4 Å². The number of hydrazone groups is 1. The number of hydrogen-bond acceptors (Lipinski definition) is 7. The fourth-order valence-corrected chi connectivity index (χ4v) is 4.42. The van der Waals surface area contributed by atoms with Crippen LogP contribution in [0.2, 0.25) is 0 Å². The molecule has 1 amide bonds. The van der Waals surface area contributed by atoms with Crippen molar-refractivity contribution in [3.8, 4) is 5.69 Å². The average molecular weight is 463 g/mol. The monoisotopic (exact) mass is 462 g/mol. The van der Waals surface area contributed by atoms with Gasteiger partial charge in [0.25, 0.3) is 11.5 Å². The normalized spacial score (nSPS) is 17.4. The molecule has 0 radical (unpaired) electrons. The Balaban J connectivity index is 1.77. The molecule has 1 aliphatic heterocycles. The summed E-state index contributed by atoms with van der Waals surface area (Å²) in [5.74, 6) is -1.89. The smallest absolute Gasteiger partial charge is 0.297 e. The van der Waals surface area contributed by atoms with Crippen LogP contribution in [-0.2, 0) is 16.6 Å². The molecule has 0 saturated carbocycles. The predicted molar refractivity (Wildman–Crippen MR) is 125 cm³/mol. The summed E-state index contributed by atoms with van der Waals surface area (Å²) in [5, 5.41) is 15.6. The number of hydrogen-bond donors (Lipinski definition) is 0. The first-order valence-electron chi connectivity index (χ1n) is 10.1. The second-order valence-corrected chi connectivity index (χ2v) is 8.46. The van der Waals surface area contributed by atoms with Gasteiger partial charge < -0.3 is 9.90 Å². The second kappa shape index (κ2) is 9.29. The Bertz CT molecular complexity index is 1310. The number of aromatic nitrogens is 2. The number of rotatable bonds is 6. The van der Waals surface area contributed by atoms with Gasteiger partial charge in [0.2, 0.25) is 0 Å². The van der Waals surface area contributed by atoms with E-state index >= 15 is 0 Å². The number of aliphatic imine (C=N–C) groups is 1. The van der Waals surface area contributed by atoms with Crippen molar-refractivity contribution in [2.75, 3.05) is 0 Å². The van der Waals surface area contributed by atoms with Crippen molar-refractivity contribution in [3.63, 3.8) is 0 Å². The molecule has 33 heavy (non-hydrogen) atoms. The summed E-state index contributed by atoms with van der Waals surface area (Å²) >= 11 is 0.948. The lowest BCUT2D eigenvalue weighted by Gasteiger charge is -2.09. The van der Waals surface area contributed by atoms with Crippen molar-refractivity contribution in [2.45, 2.75) is 18.6 Å². The molecule has 168 valence electrons. The van der Waals surface area contributed by atoms with Gasteiger partial charge in [-0.2, -0.15) is 10.1 Å². The van der Waals surface area contributed by atoms with E-state index in [1.165, 1.54) is 10.9 Å². The van der Waals surface area contributed by atoms with Crippen molar-refractivity contribution >= 4 is 40.7 Å². The number of para-hydroxylation sites is 1. The minimum absolute atomic E-state index is 0.129. The van der Waals surface area contributed by atoms with Crippen LogP contribution in [-0.4, -0.2) is 42.9 Å². The van der Waals surface area contributed by atoms with Gasteiger partial charge in [-0.3, -0.25) is 14.3 Å². The van der Waals surface area contributed by atoms with Crippen LogP contribution in [0.4, 0.5) is 5.69 Å². The molecule has 0 unspecified atom stereocenters.